The summed E-state index contributed by atoms with van der Waals surface area (Å²) in [7, 11) is 0. The van der Waals surface area contributed by atoms with Gasteiger partial charge in [-0.2, -0.15) is 0 Å². The largest absolute Gasteiger partial charge is 0.459 e. The number of nitrogens with two attached hydrogens (primary N) is 1. The van der Waals surface area contributed by atoms with Gasteiger partial charge in [-0.1, -0.05) is 48.5 Å². The molecule has 3 aromatic carbocycles. The van der Waals surface area contributed by atoms with Crippen LogP contribution in [0.1, 0.15) is 28.8 Å². The highest BCUT2D eigenvalue weighted by molar-refractivity contribution is 5.97. The van der Waals surface area contributed by atoms with E-state index in [0.29, 0.717) is 22.6 Å². The standard InChI is InChI=1S/C26H24N2O6/c27-24(29)13-11-21(26(31)32-15-17-6-12-22-23(14-17)34-16-33-22)28-25(30)20-9-7-19(8-10-20)18-4-2-1-3-5-18/h1-10,12,14,21H,11,13,15-16H2,(H2,27,29)(H,28,30)/t21-/m0/s1. The molecule has 0 aliphatic carbocycles. The number of benzene rings is 3. The second-order valence-electron chi connectivity index (χ2n) is 7.77. The van der Waals surface area contributed by atoms with E-state index in [9.17, 15) is 14.4 Å². The zero-order chi connectivity index (χ0) is 23.9. The number of primary amides is 1. The van der Waals surface area contributed by atoms with Crippen LogP contribution in [-0.2, 0) is 20.9 Å². The van der Waals surface area contributed by atoms with Crippen molar-refractivity contribution in [3.05, 3.63) is 83.9 Å². The van der Waals surface area contributed by atoms with E-state index < -0.39 is 23.8 Å². The number of amides is 2. The van der Waals surface area contributed by atoms with Gasteiger partial charge < -0.3 is 25.3 Å². The number of rotatable bonds is 9. The molecule has 174 valence electrons. The molecule has 0 fully saturated rings. The van der Waals surface area contributed by atoms with E-state index in [2.05, 4.69) is 5.32 Å². The predicted molar refractivity (Wildman–Crippen MR) is 124 cm³/mol. The van der Waals surface area contributed by atoms with Gasteiger partial charge in [0.05, 0.1) is 0 Å². The minimum atomic E-state index is -1.03. The summed E-state index contributed by atoms with van der Waals surface area (Å²) < 4.78 is 16.0. The number of nitrogens with one attached hydrogen (secondary N) is 1. The normalized spacial score (nSPS) is 12.6. The molecule has 0 aromatic heterocycles. The molecule has 8 nitrogen and oxygen atoms in total. The fraction of sp³-hybridized carbons (Fsp3) is 0.192. The van der Waals surface area contributed by atoms with Crippen LogP contribution in [-0.4, -0.2) is 30.6 Å². The lowest BCUT2D eigenvalue weighted by Crippen LogP contribution is -2.42. The monoisotopic (exact) mass is 460 g/mol. The predicted octanol–water partition coefficient (Wildman–Crippen LogP) is 3.19. The average Bonchev–Trinajstić information content (AvgIpc) is 3.33. The smallest absolute Gasteiger partial charge is 0.328 e. The maximum Gasteiger partial charge on any atom is 0.328 e. The Balaban J connectivity index is 1.40. The first kappa shape index (κ1) is 22.8. The third-order valence-corrected chi connectivity index (χ3v) is 5.34. The molecule has 4 rings (SSSR count). The molecule has 2 amide bonds. The Labute approximate surface area is 196 Å². The molecule has 0 bridgehead atoms. The molecule has 0 radical (unpaired) electrons. The number of carbonyl (C=O) groups is 3. The van der Waals surface area contributed by atoms with Crippen LogP contribution < -0.4 is 20.5 Å². The summed E-state index contributed by atoms with van der Waals surface area (Å²) in [4.78, 5) is 36.8. The molecule has 34 heavy (non-hydrogen) atoms. The molecule has 3 aromatic rings. The second-order valence-corrected chi connectivity index (χ2v) is 7.77. The van der Waals surface area contributed by atoms with Gasteiger partial charge in [0.15, 0.2) is 11.5 Å². The third-order valence-electron chi connectivity index (χ3n) is 5.34. The minimum Gasteiger partial charge on any atom is -0.459 e. The van der Waals surface area contributed by atoms with Gasteiger partial charge in [0.25, 0.3) is 5.91 Å². The quantitative estimate of drug-likeness (QED) is 0.474. The topological polar surface area (TPSA) is 117 Å². The lowest BCUT2D eigenvalue weighted by Gasteiger charge is -2.17. The van der Waals surface area contributed by atoms with E-state index in [4.69, 9.17) is 19.9 Å². The molecule has 0 saturated carbocycles. The fourth-order valence-electron chi connectivity index (χ4n) is 3.51. The lowest BCUT2D eigenvalue weighted by molar-refractivity contribution is -0.147. The zero-order valence-corrected chi connectivity index (χ0v) is 18.4. The van der Waals surface area contributed by atoms with Crippen molar-refractivity contribution in [1.82, 2.24) is 5.32 Å². The van der Waals surface area contributed by atoms with Crippen molar-refractivity contribution < 1.29 is 28.6 Å². The second kappa shape index (κ2) is 10.5. The van der Waals surface area contributed by atoms with Gasteiger partial charge >= 0.3 is 5.97 Å². The summed E-state index contributed by atoms with van der Waals surface area (Å²) in [5.41, 5.74) is 8.32. The van der Waals surface area contributed by atoms with Crippen molar-refractivity contribution in [2.24, 2.45) is 5.73 Å². The summed E-state index contributed by atoms with van der Waals surface area (Å²) in [5.74, 6) is -0.483. The third kappa shape index (κ3) is 5.72. The summed E-state index contributed by atoms with van der Waals surface area (Å²) >= 11 is 0. The molecule has 8 heteroatoms. The number of carbonyl (C=O) groups excluding carboxylic acids is 3. The number of hydrogen-bond donors (Lipinski definition) is 2. The Hall–Kier alpha value is -4.33. The molecule has 0 spiro atoms. The molecule has 1 heterocycles. The summed E-state index contributed by atoms with van der Waals surface area (Å²) in [5, 5.41) is 2.66. The highest BCUT2D eigenvalue weighted by Gasteiger charge is 2.24. The SMILES string of the molecule is NC(=O)CC[C@H](NC(=O)c1ccc(-c2ccccc2)cc1)C(=O)OCc1ccc2c(c1)OCO2. The number of hydrogen-bond acceptors (Lipinski definition) is 6. The van der Waals surface area contributed by atoms with Crippen molar-refractivity contribution in [2.45, 2.75) is 25.5 Å². The van der Waals surface area contributed by atoms with Crippen LogP contribution >= 0.6 is 0 Å². The molecule has 3 N–H and O–H groups in total. The Morgan fingerprint density at radius 3 is 2.35 bits per heavy atom. The van der Waals surface area contributed by atoms with E-state index in [-0.39, 0.29) is 26.2 Å². The molecular weight excluding hydrogens is 436 g/mol. The first-order chi connectivity index (χ1) is 16.5. The van der Waals surface area contributed by atoms with Gasteiger partial charge in [-0.15, -0.1) is 0 Å². The van der Waals surface area contributed by atoms with Crippen molar-refractivity contribution >= 4 is 17.8 Å². The first-order valence-corrected chi connectivity index (χ1v) is 10.8. The van der Waals surface area contributed by atoms with Gasteiger partial charge in [0.1, 0.15) is 12.6 Å². The maximum absolute atomic E-state index is 12.8. The van der Waals surface area contributed by atoms with Gasteiger partial charge in [-0.25, -0.2) is 4.79 Å². The van der Waals surface area contributed by atoms with Gasteiger partial charge in [0, 0.05) is 12.0 Å². The Bertz CT molecular complexity index is 1180. The average molecular weight is 460 g/mol. The molecule has 1 aliphatic heterocycles. The molecule has 1 aliphatic rings. The van der Waals surface area contributed by atoms with Gasteiger partial charge in [-0.05, 0) is 47.4 Å². The van der Waals surface area contributed by atoms with Crippen LogP contribution in [0.15, 0.2) is 72.8 Å². The maximum atomic E-state index is 12.8. The van der Waals surface area contributed by atoms with E-state index in [1.165, 1.54) is 0 Å². The lowest BCUT2D eigenvalue weighted by atomic mass is 10.0. The van der Waals surface area contributed by atoms with Crippen LogP contribution in [0.25, 0.3) is 11.1 Å². The van der Waals surface area contributed by atoms with E-state index in [1.54, 1.807) is 30.3 Å². The van der Waals surface area contributed by atoms with Crippen molar-refractivity contribution in [2.75, 3.05) is 6.79 Å². The zero-order valence-electron chi connectivity index (χ0n) is 18.4. The Morgan fingerprint density at radius 1 is 0.912 bits per heavy atom. The van der Waals surface area contributed by atoms with Crippen LogP contribution in [0.4, 0.5) is 0 Å². The molecular formula is C26H24N2O6. The summed E-state index contributed by atoms with van der Waals surface area (Å²) in [6.45, 7) is 0.121. The number of ether oxygens (including phenoxy) is 3. The fourth-order valence-corrected chi connectivity index (χ4v) is 3.51. The van der Waals surface area contributed by atoms with Crippen LogP contribution in [0.2, 0.25) is 0 Å². The number of esters is 1. The minimum absolute atomic E-state index is 0.0236. The molecule has 0 saturated heterocycles. The first-order valence-electron chi connectivity index (χ1n) is 10.8. The van der Waals surface area contributed by atoms with E-state index >= 15 is 0 Å². The van der Waals surface area contributed by atoms with E-state index in [1.807, 2.05) is 42.5 Å². The Kier molecular flexibility index (Phi) is 7.07. The van der Waals surface area contributed by atoms with E-state index in [0.717, 1.165) is 11.1 Å². The van der Waals surface area contributed by atoms with Crippen molar-refractivity contribution in [3.8, 4) is 22.6 Å². The molecule has 1 atom stereocenters. The molecule has 0 unspecified atom stereocenters. The van der Waals surface area contributed by atoms with Crippen LogP contribution in [0.3, 0.4) is 0 Å². The summed E-state index contributed by atoms with van der Waals surface area (Å²) in [6, 6.07) is 21.0. The Morgan fingerprint density at radius 2 is 1.62 bits per heavy atom. The summed E-state index contributed by atoms with van der Waals surface area (Å²) in [6.07, 6.45) is -0.0415. The number of fused-ring (bicyclic) bond motifs is 1. The van der Waals surface area contributed by atoms with Crippen LogP contribution in [0, 0.1) is 0 Å². The van der Waals surface area contributed by atoms with Crippen molar-refractivity contribution in [3.63, 3.8) is 0 Å². The van der Waals surface area contributed by atoms with Gasteiger partial charge in [0.2, 0.25) is 12.7 Å². The van der Waals surface area contributed by atoms with Crippen molar-refractivity contribution in [1.29, 1.82) is 0 Å². The van der Waals surface area contributed by atoms with Gasteiger partial charge in [-0.3, -0.25) is 9.59 Å². The highest BCUT2D eigenvalue weighted by atomic mass is 16.7. The highest BCUT2D eigenvalue weighted by Crippen LogP contribution is 2.32. The van der Waals surface area contributed by atoms with Crippen LogP contribution in [0.5, 0.6) is 11.5 Å².